The van der Waals surface area contributed by atoms with Crippen molar-refractivity contribution in [2.75, 3.05) is 0 Å². The maximum atomic E-state index is 8.44. The summed E-state index contributed by atoms with van der Waals surface area (Å²) in [7, 11) is 0. The van der Waals surface area contributed by atoms with Gasteiger partial charge in [0, 0.05) is 0 Å². The van der Waals surface area contributed by atoms with Crippen molar-refractivity contribution < 1.29 is 94.3 Å². The van der Waals surface area contributed by atoms with Crippen LogP contribution in [0.1, 0.15) is 0 Å². The largest absolute Gasteiger partial charge is 1.00 e. The van der Waals surface area contributed by atoms with E-state index in [9.17, 15) is 0 Å². The van der Waals surface area contributed by atoms with Crippen molar-refractivity contribution in [2.45, 2.75) is 0 Å². The van der Waals surface area contributed by atoms with Crippen molar-refractivity contribution in [1.82, 2.24) is 0 Å². The molecule has 0 aliphatic carbocycles. The molecule has 0 radical (unpaired) electrons. The van der Waals surface area contributed by atoms with Gasteiger partial charge in [0.25, 0.3) is 0 Å². The van der Waals surface area contributed by atoms with Gasteiger partial charge in [-0.2, -0.15) is 0 Å². The molecule has 0 unspecified atom stereocenters. The van der Waals surface area contributed by atoms with E-state index in [1.165, 1.54) is 0 Å². The van der Waals surface area contributed by atoms with Gasteiger partial charge in [-0.05, 0) is 0 Å². The molecule has 0 N–H and O–H groups in total. The molecule has 0 heterocycles. The van der Waals surface area contributed by atoms with Gasteiger partial charge in [0.05, 0.1) is 0 Å². The minimum atomic E-state index is -3.11. The molecule has 0 saturated heterocycles. The van der Waals surface area contributed by atoms with Crippen molar-refractivity contribution in [3.8, 4) is 0 Å². The molecule has 0 rings (SSSR count). The maximum Gasteiger partial charge on any atom is 1.00 e. The van der Waals surface area contributed by atoms with Gasteiger partial charge in [-0.3, -0.25) is 4.21 Å². The van der Waals surface area contributed by atoms with Crippen LogP contribution in [0.2, 0.25) is 0 Å². The van der Waals surface area contributed by atoms with Crippen LogP contribution in [-0.4, -0.2) is 13.3 Å². The monoisotopic (exact) mass is 142 g/mol. The quantitative estimate of drug-likeness (QED) is 0.249. The minimum Gasteiger partial charge on any atom is -0.784 e. The van der Waals surface area contributed by atoms with E-state index in [0.29, 0.717) is 0 Å². The van der Waals surface area contributed by atoms with Crippen molar-refractivity contribution in [1.29, 1.82) is 0 Å². The first-order valence-corrected chi connectivity index (χ1v) is 1.50. The third-order valence-corrected chi connectivity index (χ3v) is 0. The zero-order chi connectivity index (χ0) is 3.58. The molecule has 3 nitrogen and oxygen atoms in total. The molecule has 6 heteroatoms. The van der Waals surface area contributed by atoms with Crippen LogP contribution in [0, 0.1) is 0 Å². The first kappa shape index (κ1) is 15.9. The summed E-state index contributed by atoms with van der Waals surface area (Å²) < 4.78 is 25.3. The smallest absolute Gasteiger partial charge is 0.784 e. The Morgan fingerprint density at radius 2 is 1.33 bits per heavy atom. The molecular weight excluding hydrogens is 142 g/mol. The topological polar surface area (TPSA) is 63.2 Å². The summed E-state index contributed by atoms with van der Waals surface area (Å²) in [5, 5.41) is 0. The Labute approximate surface area is 103 Å². The summed E-state index contributed by atoms with van der Waals surface area (Å²) in [5.41, 5.74) is 0. The molecule has 0 aromatic rings. The van der Waals surface area contributed by atoms with Crippen molar-refractivity contribution in [3.05, 3.63) is 0 Å². The SMILES string of the molecule is O=S([O-])[O-].[K+].[Na+]. The summed E-state index contributed by atoms with van der Waals surface area (Å²) in [6, 6.07) is 0. The zero-order valence-corrected chi connectivity index (χ0v) is 9.57. The van der Waals surface area contributed by atoms with Crippen molar-refractivity contribution in [2.24, 2.45) is 0 Å². The Kier molecular flexibility index (Phi) is 28.2. The fourth-order valence-corrected chi connectivity index (χ4v) is 0. The molecule has 0 fully saturated rings. The van der Waals surface area contributed by atoms with Gasteiger partial charge in [0.2, 0.25) is 0 Å². The summed E-state index contributed by atoms with van der Waals surface area (Å²) in [6.07, 6.45) is 0. The number of hydrogen-bond donors (Lipinski definition) is 0. The average Bonchev–Trinajstić information content (AvgIpc) is 0.811. The first-order valence-electron chi connectivity index (χ1n) is 0.500. The van der Waals surface area contributed by atoms with Crippen LogP contribution in [0.15, 0.2) is 0 Å². The molecule has 0 bridgehead atoms. The summed E-state index contributed by atoms with van der Waals surface area (Å²) >= 11 is -3.11. The van der Waals surface area contributed by atoms with Gasteiger partial charge in [0.1, 0.15) is 0 Å². The Morgan fingerprint density at radius 3 is 1.33 bits per heavy atom. The minimum absolute atomic E-state index is 0. The molecule has 0 aliphatic rings. The first-order chi connectivity index (χ1) is 1.73. The summed E-state index contributed by atoms with van der Waals surface area (Å²) in [5.74, 6) is 0. The van der Waals surface area contributed by atoms with E-state index < -0.39 is 11.4 Å². The second-order valence-corrected chi connectivity index (χ2v) is 0.612. The van der Waals surface area contributed by atoms with Crippen LogP contribution >= 0.6 is 0 Å². The Bertz CT molecular complexity index is 33.8. The van der Waals surface area contributed by atoms with Crippen LogP contribution in [0.5, 0.6) is 0 Å². The normalized spacial score (nSPS) is 5.83. The standard InChI is InChI=1S/K.Na.H2O3S/c;;1-4(2)3/h;;(H2,1,2,3)/q2*+1;/p-2. The van der Waals surface area contributed by atoms with Gasteiger partial charge >= 0.3 is 80.9 Å². The van der Waals surface area contributed by atoms with E-state index in [0.717, 1.165) is 0 Å². The van der Waals surface area contributed by atoms with E-state index in [4.69, 9.17) is 13.3 Å². The molecule has 0 aromatic heterocycles. The third-order valence-electron chi connectivity index (χ3n) is 0. The van der Waals surface area contributed by atoms with Crippen LogP contribution in [0.25, 0.3) is 0 Å². The molecular formula is KNaO3S. The fourth-order valence-electron chi connectivity index (χ4n) is 0. The second-order valence-electron chi connectivity index (χ2n) is 0.204. The summed E-state index contributed by atoms with van der Waals surface area (Å²) in [6.45, 7) is 0. The van der Waals surface area contributed by atoms with E-state index >= 15 is 0 Å². The number of hydrogen-bond acceptors (Lipinski definition) is 3. The van der Waals surface area contributed by atoms with E-state index in [-0.39, 0.29) is 80.9 Å². The van der Waals surface area contributed by atoms with Gasteiger partial charge < -0.3 is 9.11 Å². The second kappa shape index (κ2) is 10.6. The summed E-state index contributed by atoms with van der Waals surface area (Å²) in [4.78, 5) is 0. The van der Waals surface area contributed by atoms with E-state index in [1.807, 2.05) is 0 Å². The third kappa shape index (κ3) is 29.8. The van der Waals surface area contributed by atoms with Crippen molar-refractivity contribution in [3.63, 3.8) is 0 Å². The Balaban J connectivity index is -0.0000000450. The van der Waals surface area contributed by atoms with E-state index in [2.05, 4.69) is 0 Å². The van der Waals surface area contributed by atoms with Crippen molar-refractivity contribution >= 4 is 11.4 Å². The Morgan fingerprint density at radius 1 is 1.33 bits per heavy atom. The molecule has 0 saturated carbocycles. The average molecular weight is 142 g/mol. The molecule has 0 atom stereocenters. The van der Waals surface area contributed by atoms with E-state index in [1.54, 1.807) is 0 Å². The van der Waals surface area contributed by atoms with Crippen LogP contribution in [0.3, 0.4) is 0 Å². The molecule has 6 heavy (non-hydrogen) atoms. The Hall–Kier alpha value is 2.71. The predicted molar refractivity (Wildman–Crippen MR) is 9.70 cm³/mol. The fraction of sp³-hybridized carbons (Fsp3) is 0. The zero-order valence-electron chi connectivity index (χ0n) is 3.63. The van der Waals surface area contributed by atoms with Crippen LogP contribution < -0.4 is 80.9 Å². The van der Waals surface area contributed by atoms with Gasteiger partial charge in [-0.1, -0.05) is 0 Å². The maximum absolute atomic E-state index is 8.44. The van der Waals surface area contributed by atoms with Gasteiger partial charge in [0.15, 0.2) is 0 Å². The molecule has 26 valence electrons. The van der Waals surface area contributed by atoms with Crippen LogP contribution in [-0.2, 0) is 11.4 Å². The molecule has 0 aromatic carbocycles. The van der Waals surface area contributed by atoms with Crippen LogP contribution in [0.4, 0.5) is 0 Å². The van der Waals surface area contributed by atoms with Gasteiger partial charge in [-0.15, -0.1) is 11.4 Å². The molecule has 0 aliphatic heterocycles. The predicted octanol–water partition coefficient (Wildman–Crippen LogP) is -7.00. The molecule has 0 amide bonds. The molecule has 0 spiro atoms. The van der Waals surface area contributed by atoms with Gasteiger partial charge in [-0.25, -0.2) is 0 Å². The number of rotatable bonds is 0.